The Labute approximate surface area is 85.9 Å². The van der Waals surface area contributed by atoms with Gasteiger partial charge in [0, 0.05) is 20.3 Å². The number of carbonyl (C=O) groups excluding carboxylic acids is 1. The maximum absolute atomic E-state index is 11.3. The van der Waals surface area contributed by atoms with E-state index < -0.39 is 0 Å². The van der Waals surface area contributed by atoms with Gasteiger partial charge in [0.1, 0.15) is 4.60 Å². The molecular formula is C9H11BrN2O. The van der Waals surface area contributed by atoms with E-state index in [0.29, 0.717) is 6.42 Å². The van der Waals surface area contributed by atoms with Gasteiger partial charge < -0.3 is 4.90 Å². The third kappa shape index (κ3) is 3.14. The van der Waals surface area contributed by atoms with Crippen molar-refractivity contribution in [3.8, 4) is 0 Å². The number of amides is 1. The van der Waals surface area contributed by atoms with Crippen LogP contribution in [0, 0.1) is 0 Å². The Balaban J connectivity index is 2.65. The van der Waals surface area contributed by atoms with Crippen molar-refractivity contribution in [3.63, 3.8) is 0 Å². The molecule has 0 saturated carbocycles. The molecule has 0 radical (unpaired) electrons. The van der Waals surface area contributed by atoms with Gasteiger partial charge in [-0.2, -0.15) is 0 Å². The van der Waals surface area contributed by atoms with Crippen molar-refractivity contribution in [1.82, 2.24) is 9.88 Å². The van der Waals surface area contributed by atoms with Crippen molar-refractivity contribution >= 4 is 21.8 Å². The van der Waals surface area contributed by atoms with Crippen LogP contribution in [0.2, 0.25) is 0 Å². The summed E-state index contributed by atoms with van der Waals surface area (Å²) in [5.74, 6) is 0.0872. The molecule has 1 aromatic rings. The van der Waals surface area contributed by atoms with Gasteiger partial charge in [0.25, 0.3) is 0 Å². The lowest BCUT2D eigenvalue weighted by Crippen LogP contribution is -2.23. The number of hydrogen-bond acceptors (Lipinski definition) is 2. The zero-order chi connectivity index (χ0) is 9.84. The lowest BCUT2D eigenvalue weighted by atomic mass is 10.2. The molecule has 0 aliphatic rings. The zero-order valence-electron chi connectivity index (χ0n) is 7.62. The molecule has 4 heteroatoms. The molecule has 0 aromatic carbocycles. The van der Waals surface area contributed by atoms with Gasteiger partial charge in [-0.05, 0) is 27.6 Å². The molecule has 1 aromatic heterocycles. The summed E-state index contributed by atoms with van der Waals surface area (Å²) < 4.78 is 0.786. The molecule has 0 bridgehead atoms. The first-order valence-electron chi connectivity index (χ1n) is 3.90. The summed E-state index contributed by atoms with van der Waals surface area (Å²) >= 11 is 3.23. The van der Waals surface area contributed by atoms with Gasteiger partial charge in [0.2, 0.25) is 5.91 Å². The summed E-state index contributed by atoms with van der Waals surface area (Å²) in [5.41, 5.74) is 0.932. The average Bonchev–Trinajstić information content (AvgIpc) is 2.08. The van der Waals surface area contributed by atoms with E-state index in [9.17, 15) is 4.79 Å². The van der Waals surface area contributed by atoms with Gasteiger partial charge in [-0.15, -0.1) is 0 Å². The second kappa shape index (κ2) is 4.37. The number of likely N-dealkylation sites (N-methyl/N-ethyl adjacent to an activating group) is 1. The Bertz CT molecular complexity index is 295. The van der Waals surface area contributed by atoms with Gasteiger partial charge in [0.05, 0.1) is 6.42 Å². The topological polar surface area (TPSA) is 33.2 Å². The van der Waals surface area contributed by atoms with E-state index in [1.807, 2.05) is 12.1 Å². The number of carbonyl (C=O) groups is 1. The minimum Gasteiger partial charge on any atom is -0.349 e. The minimum absolute atomic E-state index is 0.0872. The molecule has 1 amide bonds. The Kier molecular flexibility index (Phi) is 3.42. The molecule has 0 unspecified atom stereocenters. The molecule has 0 fully saturated rings. The fraction of sp³-hybridized carbons (Fsp3) is 0.333. The van der Waals surface area contributed by atoms with Gasteiger partial charge in [-0.3, -0.25) is 4.79 Å². The monoisotopic (exact) mass is 242 g/mol. The van der Waals surface area contributed by atoms with Crippen LogP contribution in [0.25, 0.3) is 0 Å². The molecule has 3 nitrogen and oxygen atoms in total. The molecule has 0 aliphatic carbocycles. The number of halogens is 1. The highest BCUT2D eigenvalue weighted by atomic mass is 79.9. The second-order valence-corrected chi connectivity index (χ2v) is 3.77. The third-order valence-corrected chi connectivity index (χ3v) is 2.11. The standard InChI is InChI=1S/C9H11BrN2O/c1-12(2)9(13)5-7-3-4-8(10)11-6-7/h3-4,6H,5H2,1-2H3. The Morgan fingerprint density at radius 1 is 1.54 bits per heavy atom. The van der Waals surface area contributed by atoms with Crippen LogP contribution in [-0.4, -0.2) is 29.9 Å². The van der Waals surface area contributed by atoms with Crippen LogP contribution in [0.5, 0.6) is 0 Å². The summed E-state index contributed by atoms with van der Waals surface area (Å²) in [7, 11) is 3.49. The summed E-state index contributed by atoms with van der Waals surface area (Å²) in [5, 5.41) is 0. The first-order chi connectivity index (χ1) is 6.09. The summed E-state index contributed by atoms with van der Waals surface area (Å²) in [4.78, 5) is 16.9. The van der Waals surface area contributed by atoms with Crippen LogP contribution in [-0.2, 0) is 11.2 Å². The first-order valence-corrected chi connectivity index (χ1v) is 4.69. The van der Waals surface area contributed by atoms with Crippen LogP contribution in [0.1, 0.15) is 5.56 Å². The highest BCUT2D eigenvalue weighted by Crippen LogP contribution is 2.07. The lowest BCUT2D eigenvalue weighted by molar-refractivity contribution is -0.127. The normalized spacial score (nSPS) is 9.77. The van der Waals surface area contributed by atoms with E-state index in [-0.39, 0.29) is 5.91 Å². The van der Waals surface area contributed by atoms with E-state index in [2.05, 4.69) is 20.9 Å². The van der Waals surface area contributed by atoms with Crippen LogP contribution in [0.15, 0.2) is 22.9 Å². The maximum Gasteiger partial charge on any atom is 0.226 e. The van der Waals surface area contributed by atoms with E-state index >= 15 is 0 Å². The van der Waals surface area contributed by atoms with Gasteiger partial charge in [-0.25, -0.2) is 4.98 Å². The minimum atomic E-state index is 0.0872. The highest BCUT2D eigenvalue weighted by molar-refractivity contribution is 9.10. The first kappa shape index (κ1) is 10.2. The predicted molar refractivity (Wildman–Crippen MR) is 54.3 cm³/mol. The van der Waals surface area contributed by atoms with E-state index in [1.165, 1.54) is 0 Å². The molecule has 0 atom stereocenters. The van der Waals surface area contributed by atoms with Gasteiger partial charge in [-0.1, -0.05) is 6.07 Å². The smallest absolute Gasteiger partial charge is 0.226 e. The summed E-state index contributed by atoms with van der Waals surface area (Å²) in [6.45, 7) is 0. The quantitative estimate of drug-likeness (QED) is 0.737. The van der Waals surface area contributed by atoms with Crippen molar-refractivity contribution < 1.29 is 4.79 Å². The van der Waals surface area contributed by atoms with Crippen LogP contribution >= 0.6 is 15.9 Å². The predicted octanol–water partition coefficient (Wildman–Crippen LogP) is 1.47. The lowest BCUT2D eigenvalue weighted by Gasteiger charge is -2.09. The molecule has 1 rings (SSSR count). The zero-order valence-corrected chi connectivity index (χ0v) is 9.21. The largest absolute Gasteiger partial charge is 0.349 e. The van der Waals surface area contributed by atoms with Gasteiger partial charge in [0.15, 0.2) is 0 Å². The molecule has 0 spiro atoms. The third-order valence-electron chi connectivity index (χ3n) is 1.64. The average molecular weight is 243 g/mol. The van der Waals surface area contributed by atoms with E-state index in [1.54, 1.807) is 25.2 Å². The Morgan fingerprint density at radius 3 is 2.69 bits per heavy atom. The highest BCUT2D eigenvalue weighted by Gasteiger charge is 2.04. The fourth-order valence-electron chi connectivity index (χ4n) is 0.844. The number of aromatic nitrogens is 1. The van der Waals surface area contributed by atoms with Crippen molar-refractivity contribution in [1.29, 1.82) is 0 Å². The molecule has 1 heterocycles. The number of pyridine rings is 1. The van der Waals surface area contributed by atoms with Crippen molar-refractivity contribution in [2.45, 2.75) is 6.42 Å². The Hall–Kier alpha value is -0.900. The summed E-state index contributed by atoms with van der Waals surface area (Å²) in [6.07, 6.45) is 2.11. The van der Waals surface area contributed by atoms with Crippen molar-refractivity contribution in [3.05, 3.63) is 28.5 Å². The van der Waals surface area contributed by atoms with Crippen LogP contribution in [0.4, 0.5) is 0 Å². The van der Waals surface area contributed by atoms with Crippen molar-refractivity contribution in [2.24, 2.45) is 0 Å². The fourth-order valence-corrected chi connectivity index (χ4v) is 1.08. The van der Waals surface area contributed by atoms with E-state index in [0.717, 1.165) is 10.2 Å². The molecule has 0 N–H and O–H groups in total. The SMILES string of the molecule is CN(C)C(=O)Cc1ccc(Br)nc1. The number of hydrogen-bond donors (Lipinski definition) is 0. The van der Waals surface area contributed by atoms with Gasteiger partial charge >= 0.3 is 0 Å². The summed E-state index contributed by atoms with van der Waals surface area (Å²) in [6, 6.07) is 3.72. The number of nitrogens with zero attached hydrogens (tertiary/aromatic N) is 2. The van der Waals surface area contributed by atoms with E-state index in [4.69, 9.17) is 0 Å². The van der Waals surface area contributed by atoms with Crippen LogP contribution in [0.3, 0.4) is 0 Å². The second-order valence-electron chi connectivity index (χ2n) is 2.95. The molecular weight excluding hydrogens is 232 g/mol. The Morgan fingerprint density at radius 2 is 2.23 bits per heavy atom. The molecule has 70 valence electrons. The maximum atomic E-state index is 11.3. The molecule has 13 heavy (non-hydrogen) atoms. The molecule has 0 aliphatic heterocycles. The molecule has 0 saturated heterocycles. The number of rotatable bonds is 2. The van der Waals surface area contributed by atoms with Crippen molar-refractivity contribution in [2.75, 3.05) is 14.1 Å². The van der Waals surface area contributed by atoms with Crippen LogP contribution < -0.4 is 0 Å².